The fourth-order valence-corrected chi connectivity index (χ4v) is 1.98. The molecule has 1 saturated heterocycles. The van der Waals surface area contributed by atoms with Gasteiger partial charge in [0.15, 0.2) is 0 Å². The number of carbonyl (C=O) groups excluding carboxylic acids is 1. The summed E-state index contributed by atoms with van der Waals surface area (Å²) in [5.41, 5.74) is 7.73. The van der Waals surface area contributed by atoms with Crippen LogP contribution >= 0.6 is 0 Å². The lowest BCUT2D eigenvalue weighted by atomic mass is 10.1. The highest BCUT2D eigenvalue weighted by molar-refractivity contribution is 5.77. The Morgan fingerprint density at radius 3 is 2.75 bits per heavy atom. The third-order valence-electron chi connectivity index (χ3n) is 2.90. The van der Waals surface area contributed by atoms with Crippen molar-refractivity contribution in [2.24, 2.45) is 5.73 Å². The van der Waals surface area contributed by atoms with Crippen LogP contribution in [0.3, 0.4) is 0 Å². The van der Waals surface area contributed by atoms with Crippen molar-refractivity contribution in [3.63, 3.8) is 0 Å². The van der Waals surface area contributed by atoms with E-state index in [0.717, 1.165) is 11.4 Å². The van der Waals surface area contributed by atoms with Crippen molar-refractivity contribution in [3.05, 3.63) is 17.5 Å². The summed E-state index contributed by atoms with van der Waals surface area (Å²) >= 11 is 0. The third kappa shape index (κ3) is 2.24. The van der Waals surface area contributed by atoms with Gasteiger partial charge in [0.05, 0.1) is 5.69 Å². The van der Waals surface area contributed by atoms with Crippen molar-refractivity contribution in [1.29, 1.82) is 0 Å². The van der Waals surface area contributed by atoms with Crippen LogP contribution in [-0.2, 0) is 11.3 Å². The van der Waals surface area contributed by atoms with Crippen LogP contribution in [0.2, 0.25) is 0 Å². The molecule has 0 spiro atoms. The molecule has 1 aliphatic heterocycles. The molecule has 2 heterocycles. The Hall–Kier alpha value is -1.36. The quantitative estimate of drug-likeness (QED) is 0.786. The van der Waals surface area contributed by atoms with E-state index in [9.17, 15) is 4.79 Å². The number of nitrogens with two attached hydrogens (primary N) is 1. The fourth-order valence-electron chi connectivity index (χ4n) is 1.98. The Morgan fingerprint density at radius 1 is 1.56 bits per heavy atom. The van der Waals surface area contributed by atoms with E-state index < -0.39 is 0 Å². The molecular formula is C11H18N4O. The summed E-state index contributed by atoms with van der Waals surface area (Å²) in [6.07, 6.45) is 0.509. The van der Waals surface area contributed by atoms with Gasteiger partial charge >= 0.3 is 0 Å². The van der Waals surface area contributed by atoms with E-state index in [1.807, 2.05) is 24.6 Å². The van der Waals surface area contributed by atoms with Crippen LogP contribution in [-0.4, -0.2) is 39.7 Å². The summed E-state index contributed by atoms with van der Waals surface area (Å²) in [5, 5.41) is 4.32. The van der Waals surface area contributed by atoms with Gasteiger partial charge in [-0.25, -0.2) is 0 Å². The summed E-state index contributed by atoms with van der Waals surface area (Å²) in [7, 11) is 0. The second kappa shape index (κ2) is 4.25. The number of hydrogen-bond acceptors (Lipinski definition) is 3. The minimum Gasteiger partial charge on any atom is -0.339 e. The number of rotatable bonds is 3. The highest BCUT2D eigenvalue weighted by Gasteiger charge is 2.26. The Kier molecular flexibility index (Phi) is 2.96. The average molecular weight is 222 g/mol. The zero-order chi connectivity index (χ0) is 11.7. The van der Waals surface area contributed by atoms with Gasteiger partial charge in [0.1, 0.15) is 0 Å². The molecule has 5 nitrogen and oxygen atoms in total. The minimum atomic E-state index is 0.175. The molecule has 1 aromatic rings. The molecule has 0 unspecified atom stereocenters. The number of carbonyl (C=O) groups is 1. The van der Waals surface area contributed by atoms with Gasteiger partial charge in [0, 0.05) is 37.8 Å². The number of likely N-dealkylation sites (tertiary alicyclic amines) is 1. The second-order valence-electron chi connectivity index (χ2n) is 4.46. The van der Waals surface area contributed by atoms with Gasteiger partial charge in [0.25, 0.3) is 0 Å². The van der Waals surface area contributed by atoms with Gasteiger partial charge in [0.2, 0.25) is 5.91 Å². The maximum atomic E-state index is 11.7. The molecule has 2 rings (SSSR count). The van der Waals surface area contributed by atoms with E-state index in [0.29, 0.717) is 26.1 Å². The molecule has 0 radical (unpaired) electrons. The van der Waals surface area contributed by atoms with Crippen molar-refractivity contribution in [2.45, 2.75) is 32.9 Å². The van der Waals surface area contributed by atoms with Crippen LogP contribution in [0, 0.1) is 13.8 Å². The Balaban J connectivity index is 1.83. The standard InChI is InChI=1S/C11H18N4O/c1-8-5-9(2)15(13-8)4-3-11(16)14-6-10(12)7-14/h5,10H,3-4,6-7,12H2,1-2H3. The Bertz CT molecular complexity index is 393. The number of nitrogens with zero attached hydrogens (tertiary/aromatic N) is 3. The normalized spacial score (nSPS) is 16.3. The molecule has 0 atom stereocenters. The van der Waals surface area contributed by atoms with Crippen molar-refractivity contribution in [2.75, 3.05) is 13.1 Å². The number of aryl methyl sites for hydroxylation is 3. The van der Waals surface area contributed by atoms with Gasteiger partial charge in [-0.3, -0.25) is 9.48 Å². The molecule has 0 saturated carbocycles. The summed E-state index contributed by atoms with van der Waals surface area (Å²) in [4.78, 5) is 13.5. The van der Waals surface area contributed by atoms with Crippen LogP contribution < -0.4 is 5.73 Å². The fraction of sp³-hybridized carbons (Fsp3) is 0.636. The highest BCUT2D eigenvalue weighted by atomic mass is 16.2. The average Bonchev–Trinajstić information content (AvgIpc) is 2.49. The monoisotopic (exact) mass is 222 g/mol. The first-order chi connectivity index (χ1) is 7.56. The lowest BCUT2D eigenvalue weighted by molar-refractivity contribution is -0.135. The summed E-state index contributed by atoms with van der Waals surface area (Å²) in [5.74, 6) is 0.175. The SMILES string of the molecule is Cc1cc(C)n(CCC(=O)N2CC(N)C2)n1. The Morgan fingerprint density at radius 2 is 2.25 bits per heavy atom. The smallest absolute Gasteiger partial charge is 0.224 e. The van der Waals surface area contributed by atoms with E-state index in [1.54, 1.807) is 4.90 Å². The van der Waals surface area contributed by atoms with E-state index >= 15 is 0 Å². The number of hydrogen-bond donors (Lipinski definition) is 1. The molecule has 0 aliphatic carbocycles. The van der Waals surface area contributed by atoms with E-state index in [-0.39, 0.29) is 11.9 Å². The Labute approximate surface area is 95.2 Å². The highest BCUT2D eigenvalue weighted by Crippen LogP contribution is 2.09. The molecule has 1 fully saturated rings. The summed E-state index contributed by atoms with van der Waals surface area (Å²) in [6.45, 7) is 6.03. The van der Waals surface area contributed by atoms with Crippen LogP contribution in [0.15, 0.2) is 6.07 Å². The minimum absolute atomic E-state index is 0.175. The maximum Gasteiger partial charge on any atom is 0.224 e. The topological polar surface area (TPSA) is 64.2 Å². The molecule has 16 heavy (non-hydrogen) atoms. The molecule has 1 aliphatic rings. The summed E-state index contributed by atoms with van der Waals surface area (Å²) in [6, 6.07) is 2.20. The van der Waals surface area contributed by atoms with Crippen LogP contribution in [0.1, 0.15) is 17.8 Å². The van der Waals surface area contributed by atoms with Gasteiger partial charge in [-0.05, 0) is 19.9 Å². The second-order valence-corrected chi connectivity index (χ2v) is 4.46. The third-order valence-corrected chi connectivity index (χ3v) is 2.90. The predicted molar refractivity (Wildman–Crippen MR) is 60.9 cm³/mol. The molecular weight excluding hydrogens is 204 g/mol. The van der Waals surface area contributed by atoms with Crippen LogP contribution in [0.5, 0.6) is 0 Å². The molecule has 1 amide bonds. The van der Waals surface area contributed by atoms with E-state index in [1.165, 1.54) is 0 Å². The zero-order valence-electron chi connectivity index (χ0n) is 9.81. The zero-order valence-corrected chi connectivity index (χ0v) is 9.81. The van der Waals surface area contributed by atoms with Gasteiger partial charge in [-0.15, -0.1) is 0 Å². The molecule has 5 heteroatoms. The largest absolute Gasteiger partial charge is 0.339 e. The van der Waals surface area contributed by atoms with Crippen LogP contribution in [0.25, 0.3) is 0 Å². The van der Waals surface area contributed by atoms with Gasteiger partial charge in [-0.1, -0.05) is 0 Å². The van der Waals surface area contributed by atoms with Crippen molar-refractivity contribution < 1.29 is 4.79 Å². The van der Waals surface area contributed by atoms with Crippen LogP contribution in [0.4, 0.5) is 0 Å². The van der Waals surface area contributed by atoms with Gasteiger partial charge in [-0.2, -0.15) is 5.10 Å². The lowest BCUT2D eigenvalue weighted by Gasteiger charge is -2.36. The van der Waals surface area contributed by atoms with Crippen molar-refractivity contribution in [3.8, 4) is 0 Å². The predicted octanol–water partition coefficient (Wildman–Crippen LogP) is 0.0595. The van der Waals surface area contributed by atoms with E-state index in [2.05, 4.69) is 5.10 Å². The van der Waals surface area contributed by atoms with Crippen molar-refractivity contribution in [1.82, 2.24) is 14.7 Å². The first kappa shape index (κ1) is 11.1. The van der Waals surface area contributed by atoms with Crippen molar-refractivity contribution >= 4 is 5.91 Å². The van der Waals surface area contributed by atoms with Gasteiger partial charge < -0.3 is 10.6 Å². The first-order valence-corrected chi connectivity index (χ1v) is 5.60. The molecule has 0 aromatic carbocycles. The number of amides is 1. The molecule has 2 N–H and O–H groups in total. The first-order valence-electron chi connectivity index (χ1n) is 5.60. The maximum absolute atomic E-state index is 11.7. The number of aromatic nitrogens is 2. The summed E-state index contributed by atoms with van der Waals surface area (Å²) < 4.78 is 1.88. The lowest BCUT2D eigenvalue weighted by Crippen LogP contribution is -2.57. The molecule has 0 bridgehead atoms. The molecule has 1 aromatic heterocycles. The van der Waals surface area contributed by atoms with E-state index in [4.69, 9.17) is 5.73 Å². The molecule has 88 valence electrons.